The summed E-state index contributed by atoms with van der Waals surface area (Å²) < 4.78 is 27.7. The number of hydrogen-bond acceptors (Lipinski definition) is 2. The Hall–Kier alpha value is -3.54. The molecular weight excluding hydrogens is 410 g/mol. The number of aryl methyl sites for hydroxylation is 1. The van der Waals surface area contributed by atoms with E-state index >= 15 is 0 Å². The maximum Gasteiger partial charge on any atom is 0.255 e. The maximum absolute atomic E-state index is 14.4. The average molecular weight is 434 g/mol. The summed E-state index contributed by atoms with van der Waals surface area (Å²) in [6.45, 7) is 5.86. The molecule has 1 N–H and O–H groups in total. The van der Waals surface area contributed by atoms with Crippen LogP contribution in [0.2, 0.25) is 0 Å². The fourth-order valence-electron chi connectivity index (χ4n) is 4.18. The van der Waals surface area contributed by atoms with Crippen LogP contribution < -0.4 is 5.32 Å². The smallest absolute Gasteiger partial charge is 0.255 e. The minimum atomic E-state index is -0.928. The van der Waals surface area contributed by atoms with Crippen LogP contribution >= 0.6 is 0 Å². The molecule has 0 spiro atoms. The van der Waals surface area contributed by atoms with Crippen molar-refractivity contribution in [3.63, 3.8) is 0 Å². The van der Waals surface area contributed by atoms with Gasteiger partial charge in [0.2, 0.25) is 0 Å². The van der Waals surface area contributed by atoms with Crippen LogP contribution in [-0.2, 0) is 11.3 Å². The fourth-order valence-corrected chi connectivity index (χ4v) is 4.18. The summed E-state index contributed by atoms with van der Waals surface area (Å²) in [5, 5.41) is 3.02. The molecule has 0 aliphatic carbocycles. The molecule has 32 heavy (non-hydrogen) atoms. The Balaban J connectivity index is 1.72. The van der Waals surface area contributed by atoms with E-state index in [-0.39, 0.29) is 29.8 Å². The van der Waals surface area contributed by atoms with E-state index in [2.05, 4.69) is 5.32 Å². The van der Waals surface area contributed by atoms with Crippen molar-refractivity contribution in [2.24, 2.45) is 0 Å². The molecule has 4 nitrogen and oxygen atoms in total. The second kappa shape index (κ2) is 8.54. The van der Waals surface area contributed by atoms with Crippen molar-refractivity contribution in [2.45, 2.75) is 39.3 Å². The molecule has 1 aliphatic rings. The van der Waals surface area contributed by atoms with Gasteiger partial charge in [-0.3, -0.25) is 9.59 Å². The summed E-state index contributed by atoms with van der Waals surface area (Å²) in [7, 11) is 0. The summed E-state index contributed by atoms with van der Waals surface area (Å²) >= 11 is 0. The largest absolute Gasteiger partial charge is 0.323 e. The molecule has 1 unspecified atom stereocenters. The first-order valence-electron chi connectivity index (χ1n) is 10.5. The van der Waals surface area contributed by atoms with E-state index in [9.17, 15) is 18.4 Å². The van der Waals surface area contributed by atoms with Gasteiger partial charge < -0.3 is 10.2 Å². The van der Waals surface area contributed by atoms with Gasteiger partial charge in [0.15, 0.2) is 0 Å². The molecule has 4 rings (SSSR count). The lowest BCUT2D eigenvalue weighted by atomic mass is 9.97. The van der Waals surface area contributed by atoms with Crippen molar-refractivity contribution in [1.29, 1.82) is 0 Å². The predicted octanol–water partition coefficient (Wildman–Crippen LogP) is 5.73. The number of anilines is 1. The third-order valence-electron chi connectivity index (χ3n) is 5.84. The van der Waals surface area contributed by atoms with Gasteiger partial charge in [-0.15, -0.1) is 0 Å². The summed E-state index contributed by atoms with van der Waals surface area (Å²) in [5.41, 5.74) is 3.74. The Bertz CT molecular complexity index is 1210. The number of rotatable bonds is 5. The molecule has 0 radical (unpaired) electrons. The number of nitrogens with zero attached hydrogens (tertiary/aromatic N) is 1. The number of halogens is 2. The zero-order valence-corrected chi connectivity index (χ0v) is 18.2. The zero-order chi connectivity index (χ0) is 23.0. The van der Waals surface area contributed by atoms with Crippen molar-refractivity contribution in [3.8, 4) is 0 Å². The van der Waals surface area contributed by atoms with Gasteiger partial charge in [-0.2, -0.15) is 0 Å². The average Bonchev–Trinajstić information content (AvgIpc) is 3.03. The molecule has 0 bridgehead atoms. The number of carbonyl (C=O) groups is 2. The molecule has 1 atom stereocenters. The van der Waals surface area contributed by atoms with Crippen LogP contribution in [0.1, 0.15) is 58.4 Å². The van der Waals surface area contributed by atoms with Crippen LogP contribution in [0.3, 0.4) is 0 Å². The first-order chi connectivity index (χ1) is 15.3. The lowest BCUT2D eigenvalue weighted by Crippen LogP contribution is -2.35. The van der Waals surface area contributed by atoms with Crippen molar-refractivity contribution in [3.05, 3.63) is 100 Å². The van der Waals surface area contributed by atoms with Gasteiger partial charge in [0.1, 0.15) is 17.7 Å². The Morgan fingerprint density at radius 2 is 1.81 bits per heavy atom. The number of nitrogens with one attached hydrogen (secondary N) is 1. The summed E-state index contributed by atoms with van der Waals surface area (Å²) in [5.74, 6) is -2.00. The van der Waals surface area contributed by atoms with Crippen LogP contribution in [0.15, 0.2) is 60.7 Å². The van der Waals surface area contributed by atoms with Gasteiger partial charge in [0, 0.05) is 22.9 Å². The number of carbonyl (C=O) groups excluding carboxylic acids is 2. The number of hydrogen-bond donors (Lipinski definition) is 1. The van der Waals surface area contributed by atoms with E-state index in [0.29, 0.717) is 11.1 Å². The van der Waals surface area contributed by atoms with Gasteiger partial charge in [0.25, 0.3) is 11.8 Å². The molecule has 2 amide bonds. The highest BCUT2D eigenvalue weighted by Gasteiger charge is 2.41. The van der Waals surface area contributed by atoms with E-state index in [1.54, 1.807) is 24.3 Å². The van der Waals surface area contributed by atoms with Gasteiger partial charge in [-0.25, -0.2) is 8.78 Å². The maximum atomic E-state index is 14.4. The Kier molecular flexibility index (Phi) is 5.78. The number of benzene rings is 3. The molecule has 3 aromatic carbocycles. The van der Waals surface area contributed by atoms with Crippen LogP contribution in [0.4, 0.5) is 14.5 Å². The second-order valence-corrected chi connectivity index (χ2v) is 8.34. The molecule has 0 saturated carbocycles. The van der Waals surface area contributed by atoms with Crippen molar-refractivity contribution < 1.29 is 18.4 Å². The molecule has 164 valence electrons. The SMILES string of the molecule is Cc1cccc(C(C)C)c1NC(=O)C1c2ccccc2C(=O)N1Cc1ccc(F)cc1F. The number of para-hydroxylation sites is 1. The quantitative estimate of drug-likeness (QED) is 0.557. The fraction of sp³-hybridized carbons (Fsp3) is 0.231. The van der Waals surface area contributed by atoms with E-state index < -0.39 is 17.7 Å². The lowest BCUT2D eigenvalue weighted by Gasteiger charge is -2.26. The number of fused-ring (bicyclic) bond motifs is 1. The minimum Gasteiger partial charge on any atom is -0.323 e. The first-order valence-corrected chi connectivity index (χ1v) is 10.5. The highest BCUT2D eigenvalue weighted by atomic mass is 19.1. The highest BCUT2D eigenvalue weighted by molar-refractivity contribution is 6.08. The molecule has 0 saturated heterocycles. The van der Waals surface area contributed by atoms with Gasteiger partial charge in [-0.1, -0.05) is 56.3 Å². The number of amides is 2. The van der Waals surface area contributed by atoms with Crippen molar-refractivity contribution in [1.82, 2.24) is 4.90 Å². The Morgan fingerprint density at radius 3 is 2.53 bits per heavy atom. The summed E-state index contributed by atoms with van der Waals surface area (Å²) in [6.07, 6.45) is 0. The molecule has 0 aromatic heterocycles. The molecule has 1 heterocycles. The van der Waals surface area contributed by atoms with Crippen LogP contribution in [0, 0.1) is 18.6 Å². The molecule has 3 aromatic rings. The third kappa shape index (κ3) is 3.88. The van der Waals surface area contributed by atoms with Crippen molar-refractivity contribution >= 4 is 17.5 Å². The molecule has 1 aliphatic heterocycles. The van der Waals surface area contributed by atoms with E-state index in [1.165, 1.54) is 11.0 Å². The van der Waals surface area contributed by atoms with Gasteiger partial charge in [0.05, 0.1) is 6.54 Å². The Morgan fingerprint density at radius 1 is 1.06 bits per heavy atom. The third-order valence-corrected chi connectivity index (χ3v) is 5.84. The van der Waals surface area contributed by atoms with E-state index in [4.69, 9.17) is 0 Å². The Labute approximate surface area is 185 Å². The molecule has 0 fully saturated rings. The molecule has 6 heteroatoms. The standard InChI is InChI=1S/C26H24F2N2O2/c1-15(2)19-10-6-7-16(3)23(19)29-25(31)24-20-8-4-5-9-21(20)26(32)30(24)14-17-11-12-18(27)13-22(17)28/h4-13,15,24H,14H2,1-3H3,(H,29,31). The van der Waals surface area contributed by atoms with Crippen LogP contribution in [-0.4, -0.2) is 16.7 Å². The van der Waals surface area contributed by atoms with E-state index in [0.717, 1.165) is 28.9 Å². The summed E-state index contributed by atoms with van der Waals surface area (Å²) in [6, 6.07) is 15.0. The summed E-state index contributed by atoms with van der Waals surface area (Å²) in [4.78, 5) is 28.0. The topological polar surface area (TPSA) is 49.4 Å². The predicted molar refractivity (Wildman–Crippen MR) is 119 cm³/mol. The van der Waals surface area contributed by atoms with Crippen molar-refractivity contribution in [2.75, 3.05) is 5.32 Å². The normalized spacial score (nSPS) is 15.2. The van der Waals surface area contributed by atoms with Gasteiger partial charge in [-0.05, 0) is 41.7 Å². The first kappa shape index (κ1) is 21.7. The lowest BCUT2D eigenvalue weighted by molar-refractivity contribution is -0.120. The van der Waals surface area contributed by atoms with Crippen LogP contribution in [0.5, 0.6) is 0 Å². The minimum absolute atomic E-state index is 0.143. The zero-order valence-electron chi connectivity index (χ0n) is 18.2. The highest BCUT2D eigenvalue weighted by Crippen LogP contribution is 2.37. The van der Waals surface area contributed by atoms with Crippen LogP contribution in [0.25, 0.3) is 0 Å². The molecular formula is C26H24F2N2O2. The van der Waals surface area contributed by atoms with Gasteiger partial charge >= 0.3 is 0 Å². The monoisotopic (exact) mass is 434 g/mol. The second-order valence-electron chi connectivity index (χ2n) is 8.34. The van der Waals surface area contributed by atoms with E-state index in [1.807, 2.05) is 39.0 Å².